The minimum atomic E-state index is -0.0980. The fourth-order valence-corrected chi connectivity index (χ4v) is 2.57. The van der Waals surface area contributed by atoms with E-state index in [9.17, 15) is 0 Å². The highest BCUT2D eigenvalue weighted by atomic mass is 35.5. The van der Waals surface area contributed by atoms with Crippen LogP contribution in [0.2, 0.25) is 0 Å². The summed E-state index contributed by atoms with van der Waals surface area (Å²) in [7, 11) is 0. The van der Waals surface area contributed by atoms with Gasteiger partial charge in [-0.2, -0.15) is 0 Å². The molecule has 0 amide bonds. The van der Waals surface area contributed by atoms with Crippen molar-refractivity contribution in [1.82, 2.24) is 0 Å². The van der Waals surface area contributed by atoms with E-state index in [1.165, 1.54) is 0 Å². The van der Waals surface area contributed by atoms with Crippen LogP contribution >= 0.6 is 34.8 Å². The molecule has 0 spiro atoms. The van der Waals surface area contributed by atoms with Crippen LogP contribution in [0.1, 0.15) is 6.42 Å². The summed E-state index contributed by atoms with van der Waals surface area (Å²) >= 11 is 17.9. The van der Waals surface area contributed by atoms with Gasteiger partial charge in [-0.05, 0) is 12.3 Å². The van der Waals surface area contributed by atoms with Crippen molar-refractivity contribution in [3.63, 3.8) is 0 Å². The van der Waals surface area contributed by atoms with Gasteiger partial charge in [0.1, 0.15) is 0 Å². The molecule has 2 aliphatic carbocycles. The van der Waals surface area contributed by atoms with Crippen LogP contribution in [0.15, 0.2) is 22.2 Å². The standard InChI is InChI=1S/C8H7Cl3/c9-6-4-1-2-5(3-4)7(10)8(6)11/h1-2,4-6H,3H2/t4-,5-,6-/m1/s1. The Morgan fingerprint density at radius 2 is 1.91 bits per heavy atom. The number of alkyl halides is 1. The lowest BCUT2D eigenvalue weighted by Crippen LogP contribution is -2.18. The Morgan fingerprint density at radius 3 is 2.64 bits per heavy atom. The van der Waals surface area contributed by atoms with Gasteiger partial charge < -0.3 is 0 Å². The van der Waals surface area contributed by atoms with E-state index < -0.39 is 0 Å². The zero-order chi connectivity index (χ0) is 8.01. The van der Waals surface area contributed by atoms with E-state index in [1.807, 2.05) is 0 Å². The molecule has 0 fully saturated rings. The van der Waals surface area contributed by atoms with Gasteiger partial charge in [0.2, 0.25) is 0 Å². The van der Waals surface area contributed by atoms with Gasteiger partial charge in [-0.25, -0.2) is 0 Å². The number of halogens is 3. The molecule has 0 aromatic carbocycles. The van der Waals surface area contributed by atoms with Crippen LogP contribution in [-0.2, 0) is 0 Å². The fourth-order valence-electron chi connectivity index (χ4n) is 1.63. The molecule has 0 heterocycles. The second kappa shape index (κ2) is 2.69. The van der Waals surface area contributed by atoms with Crippen LogP contribution in [0, 0.1) is 11.8 Å². The predicted octanol–water partition coefficient (Wildman–Crippen LogP) is 3.49. The summed E-state index contributed by atoms with van der Waals surface area (Å²) < 4.78 is 0. The summed E-state index contributed by atoms with van der Waals surface area (Å²) in [6, 6.07) is 0. The molecule has 3 atom stereocenters. The normalized spacial score (nSPS) is 41.9. The summed E-state index contributed by atoms with van der Waals surface area (Å²) in [5.74, 6) is 0.737. The third-order valence-corrected chi connectivity index (χ3v) is 3.96. The highest BCUT2D eigenvalue weighted by Crippen LogP contribution is 2.45. The zero-order valence-electron chi connectivity index (χ0n) is 5.73. The monoisotopic (exact) mass is 208 g/mol. The Kier molecular flexibility index (Phi) is 1.95. The molecule has 0 aromatic heterocycles. The maximum Gasteiger partial charge on any atom is 0.0766 e. The minimum absolute atomic E-state index is 0.0980. The van der Waals surface area contributed by atoms with E-state index in [1.54, 1.807) is 0 Å². The van der Waals surface area contributed by atoms with Crippen LogP contribution in [0.5, 0.6) is 0 Å². The smallest absolute Gasteiger partial charge is 0.0766 e. The summed E-state index contributed by atoms with van der Waals surface area (Å²) in [5.41, 5.74) is 0. The molecule has 2 bridgehead atoms. The molecular weight excluding hydrogens is 202 g/mol. The SMILES string of the molecule is ClC1=C(Cl)[C@H](Cl)[C@@H]2C=C[C@@H]1C2. The van der Waals surface area contributed by atoms with E-state index in [0.717, 1.165) is 11.5 Å². The quantitative estimate of drug-likeness (QED) is 0.423. The van der Waals surface area contributed by atoms with Crippen molar-refractivity contribution in [3.8, 4) is 0 Å². The summed E-state index contributed by atoms with van der Waals surface area (Å²) in [5, 5.41) is 1.27. The average molecular weight is 210 g/mol. The van der Waals surface area contributed by atoms with E-state index in [0.29, 0.717) is 16.9 Å². The predicted molar refractivity (Wildman–Crippen MR) is 49.1 cm³/mol. The first-order valence-corrected chi connectivity index (χ1v) is 4.77. The van der Waals surface area contributed by atoms with Gasteiger partial charge in [0.05, 0.1) is 10.4 Å². The molecule has 0 saturated carbocycles. The minimum Gasteiger partial charge on any atom is -0.116 e. The Hall–Kier alpha value is 0.350. The number of fused-ring (bicyclic) bond motifs is 2. The highest BCUT2D eigenvalue weighted by molar-refractivity contribution is 6.44. The molecule has 2 rings (SSSR count). The first-order chi connectivity index (χ1) is 5.20. The summed E-state index contributed by atoms with van der Waals surface area (Å²) in [6.07, 6.45) is 5.24. The topological polar surface area (TPSA) is 0 Å². The number of rotatable bonds is 0. The van der Waals surface area contributed by atoms with Gasteiger partial charge >= 0.3 is 0 Å². The lowest BCUT2D eigenvalue weighted by Gasteiger charge is -2.24. The molecular formula is C8H7Cl3. The van der Waals surface area contributed by atoms with Crippen molar-refractivity contribution in [2.24, 2.45) is 11.8 Å². The first-order valence-electron chi connectivity index (χ1n) is 3.57. The molecule has 2 aliphatic rings. The highest BCUT2D eigenvalue weighted by Gasteiger charge is 2.35. The summed E-state index contributed by atoms with van der Waals surface area (Å²) in [4.78, 5) is 0. The van der Waals surface area contributed by atoms with Gasteiger partial charge in [-0.3, -0.25) is 0 Å². The molecule has 0 aliphatic heterocycles. The molecule has 3 heteroatoms. The van der Waals surface area contributed by atoms with Crippen molar-refractivity contribution in [2.45, 2.75) is 11.8 Å². The first kappa shape index (κ1) is 7.97. The maximum absolute atomic E-state index is 6.03. The van der Waals surface area contributed by atoms with Gasteiger partial charge in [0, 0.05) is 11.0 Å². The van der Waals surface area contributed by atoms with E-state index in [4.69, 9.17) is 34.8 Å². The molecule has 0 radical (unpaired) electrons. The molecule has 0 aromatic rings. The maximum atomic E-state index is 6.03. The third-order valence-electron chi connectivity index (χ3n) is 2.29. The van der Waals surface area contributed by atoms with Crippen molar-refractivity contribution >= 4 is 34.8 Å². The van der Waals surface area contributed by atoms with Crippen LogP contribution in [0.25, 0.3) is 0 Å². The average Bonchev–Trinajstić information content (AvgIpc) is 2.44. The number of allylic oxidation sites excluding steroid dienone is 4. The van der Waals surface area contributed by atoms with Crippen molar-refractivity contribution in [3.05, 3.63) is 22.2 Å². The molecule has 60 valence electrons. The number of hydrogen-bond donors (Lipinski definition) is 0. The van der Waals surface area contributed by atoms with Crippen LogP contribution in [0.3, 0.4) is 0 Å². The Labute approximate surface area is 80.8 Å². The van der Waals surface area contributed by atoms with Crippen LogP contribution in [-0.4, -0.2) is 5.38 Å². The molecule has 0 saturated heterocycles. The van der Waals surface area contributed by atoms with Gasteiger partial charge in [0.25, 0.3) is 0 Å². The van der Waals surface area contributed by atoms with Crippen molar-refractivity contribution in [2.75, 3.05) is 0 Å². The largest absolute Gasteiger partial charge is 0.116 e. The van der Waals surface area contributed by atoms with Crippen LogP contribution in [0.4, 0.5) is 0 Å². The molecule has 0 unspecified atom stereocenters. The fraction of sp³-hybridized carbons (Fsp3) is 0.500. The van der Waals surface area contributed by atoms with E-state index in [2.05, 4.69) is 12.2 Å². The lowest BCUT2D eigenvalue weighted by molar-refractivity contribution is 0.554. The molecule has 0 N–H and O–H groups in total. The van der Waals surface area contributed by atoms with Crippen LogP contribution < -0.4 is 0 Å². The van der Waals surface area contributed by atoms with Gasteiger partial charge in [-0.1, -0.05) is 35.4 Å². The Balaban J connectivity index is 2.41. The van der Waals surface area contributed by atoms with Crippen molar-refractivity contribution in [1.29, 1.82) is 0 Å². The molecule has 0 nitrogen and oxygen atoms in total. The van der Waals surface area contributed by atoms with Gasteiger partial charge in [-0.15, -0.1) is 11.6 Å². The van der Waals surface area contributed by atoms with E-state index >= 15 is 0 Å². The van der Waals surface area contributed by atoms with Gasteiger partial charge in [0.15, 0.2) is 0 Å². The Bertz CT molecular complexity index is 242. The van der Waals surface area contributed by atoms with Crippen molar-refractivity contribution < 1.29 is 0 Å². The Morgan fingerprint density at radius 1 is 1.18 bits per heavy atom. The van der Waals surface area contributed by atoms with E-state index in [-0.39, 0.29) is 5.38 Å². The second-order valence-corrected chi connectivity index (χ2v) is 4.27. The zero-order valence-corrected chi connectivity index (χ0v) is 8.00. The second-order valence-electron chi connectivity index (χ2n) is 2.99. The molecule has 11 heavy (non-hydrogen) atoms. The third kappa shape index (κ3) is 1.12. The summed E-state index contributed by atoms with van der Waals surface area (Å²) in [6.45, 7) is 0. The lowest BCUT2D eigenvalue weighted by atomic mass is 9.93. The number of hydrogen-bond acceptors (Lipinski definition) is 0.